The molecule has 0 bridgehead atoms. The molecule has 0 aliphatic heterocycles. The summed E-state index contributed by atoms with van der Waals surface area (Å²) in [5.74, 6) is 0.672. The predicted molar refractivity (Wildman–Crippen MR) is 88.0 cm³/mol. The monoisotopic (exact) mass is 350 g/mol. The lowest BCUT2D eigenvalue weighted by molar-refractivity contribution is 0.101. The van der Waals surface area contributed by atoms with Crippen LogP contribution in [0.15, 0.2) is 34.9 Å². The first kappa shape index (κ1) is 15.6. The highest BCUT2D eigenvalue weighted by Crippen LogP contribution is 2.23. The number of halogens is 1. The Morgan fingerprint density at radius 3 is 2.57 bits per heavy atom. The zero-order valence-electron chi connectivity index (χ0n) is 12.6. The molecule has 4 nitrogen and oxygen atoms in total. The van der Waals surface area contributed by atoms with E-state index in [1.807, 2.05) is 52.2 Å². The molecule has 5 heteroatoms. The first-order valence-corrected chi connectivity index (χ1v) is 7.56. The summed E-state index contributed by atoms with van der Waals surface area (Å²) >= 11 is 3.37. The van der Waals surface area contributed by atoms with E-state index in [1.54, 1.807) is 10.6 Å². The van der Waals surface area contributed by atoms with Gasteiger partial charge in [0, 0.05) is 23.4 Å². The Balaban J connectivity index is 2.16. The number of anilines is 1. The molecule has 0 spiro atoms. The molecule has 1 heterocycles. The zero-order valence-corrected chi connectivity index (χ0v) is 14.2. The molecule has 0 atom stereocenters. The van der Waals surface area contributed by atoms with Gasteiger partial charge in [0.05, 0.1) is 6.10 Å². The minimum absolute atomic E-state index is 0.130. The van der Waals surface area contributed by atoms with Crippen LogP contribution in [0.25, 0.3) is 0 Å². The van der Waals surface area contributed by atoms with Gasteiger partial charge in [-0.2, -0.15) is 0 Å². The Bertz CT molecular complexity index is 662. The van der Waals surface area contributed by atoms with Crippen LogP contribution in [0.4, 0.5) is 5.69 Å². The zero-order chi connectivity index (χ0) is 15.6. The predicted octanol–water partition coefficient (Wildman–Crippen LogP) is 4.14. The molecular formula is C16H19BrN2O2. The van der Waals surface area contributed by atoms with E-state index < -0.39 is 0 Å². The molecular weight excluding hydrogens is 332 g/mol. The number of aryl methyl sites for hydroxylation is 2. The Morgan fingerprint density at radius 2 is 2.05 bits per heavy atom. The van der Waals surface area contributed by atoms with Gasteiger partial charge in [0.2, 0.25) is 0 Å². The molecule has 0 unspecified atom stereocenters. The lowest BCUT2D eigenvalue weighted by atomic mass is 10.2. The van der Waals surface area contributed by atoms with Gasteiger partial charge in [-0.15, -0.1) is 0 Å². The minimum Gasteiger partial charge on any atom is -0.491 e. The Labute approximate surface area is 133 Å². The molecule has 1 N–H and O–H groups in total. The van der Waals surface area contributed by atoms with Crippen molar-refractivity contribution in [3.63, 3.8) is 0 Å². The third-order valence-electron chi connectivity index (χ3n) is 3.02. The van der Waals surface area contributed by atoms with Gasteiger partial charge in [-0.1, -0.05) is 0 Å². The third kappa shape index (κ3) is 3.88. The minimum atomic E-state index is -0.135. The fraction of sp³-hybridized carbons (Fsp3) is 0.312. The van der Waals surface area contributed by atoms with Crippen LogP contribution in [-0.4, -0.2) is 16.6 Å². The number of carbonyl (C=O) groups excluding carboxylic acids is 1. The standard InChI is InChI=1S/C16H19BrN2O2/c1-10(2)21-13-5-6-14(11(3)7-13)18-16(20)15-8-12(17)9-19(15)4/h5-10H,1-4H3,(H,18,20). The van der Waals surface area contributed by atoms with Crippen LogP contribution in [0, 0.1) is 6.92 Å². The van der Waals surface area contributed by atoms with Gasteiger partial charge in [-0.25, -0.2) is 0 Å². The van der Waals surface area contributed by atoms with Gasteiger partial charge >= 0.3 is 0 Å². The van der Waals surface area contributed by atoms with Gasteiger partial charge in [0.25, 0.3) is 5.91 Å². The molecule has 2 rings (SSSR count). The number of aromatic nitrogens is 1. The fourth-order valence-corrected chi connectivity index (χ4v) is 2.58. The van der Waals surface area contributed by atoms with Crippen LogP contribution in [0.5, 0.6) is 5.75 Å². The van der Waals surface area contributed by atoms with Gasteiger partial charge < -0.3 is 14.6 Å². The van der Waals surface area contributed by atoms with Crippen LogP contribution in [0.3, 0.4) is 0 Å². The highest BCUT2D eigenvalue weighted by Gasteiger charge is 2.12. The second kappa shape index (κ2) is 6.35. The highest BCUT2D eigenvalue weighted by molar-refractivity contribution is 9.10. The second-order valence-corrected chi connectivity index (χ2v) is 6.17. The molecule has 0 fully saturated rings. The summed E-state index contributed by atoms with van der Waals surface area (Å²) in [4.78, 5) is 12.3. The molecule has 0 saturated heterocycles. The lowest BCUT2D eigenvalue weighted by Crippen LogP contribution is -2.16. The smallest absolute Gasteiger partial charge is 0.272 e. The topological polar surface area (TPSA) is 43.3 Å². The highest BCUT2D eigenvalue weighted by atomic mass is 79.9. The van der Waals surface area contributed by atoms with E-state index in [2.05, 4.69) is 21.2 Å². The lowest BCUT2D eigenvalue weighted by Gasteiger charge is -2.13. The summed E-state index contributed by atoms with van der Waals surface area (Å²) < 4.78 is 8.30. The number of nitrogens with zero attached hydrogens (tertiary/aromatic N) is 1. The number of hydrogen-bond acceptors (Lipinski definition) is 2. The molecule has 21 heavy (non-hydrogen) atoms. The molecule has 0 saturated carbocycles. The number of nitrogens with one attached hydrogen (secondary N) is 1. The average molecular weight is 351 g/mol. The van der Waals surface area contributed by atoms with Crippen LogP contribution in [-0.2, 0) is 7.05 Å². The van der Waals surface area contributed by atoms with Crippen molar-refractivity contribution in [2.75, 3.05) is 5.32 Å². The van der Waals surface area contributed by atoms with E-state index in [4.69, 9.17) is 4.74 Å². The van der Waals surface area contributed by atoms with E-state index in [-0.39, 0.29) is 12.0 Å². The molecule has 0 aliphatic rings. The Morgan fingerprint density at radius 1 is 1.33 bits per heavy atom. The first-order chi connectivity index (χ1) is 9.86. The van der Waals surface area contributed by atoms with E-state index >= 15 is 0 Å². The quantitative estimate of drug-likeness (QED) is 0.900. The van der Waals surface area contributed by atoms with Gasteiger partial charge in [-0.05, 0) is 66.5 Å². The van der Waals surface area contributed by atoms with Gasteiger partial charge in [0.15, 0.2) is 0 Å². The summed E-state index contributed by atoms with van der Waals surface area (Å²) in [6.45, 7) is 5.92. The maximum atomic E-state index is 12.3. The van der Waals surface area contributed by atoms with Crippen molar-refractivity contribution in [1.82, 2.24) is 4.57 Å². The Kier molecular flexibility index (Phi) is 4.73. The van der Waals surface area contributed by atoms with E-state index in [1.165, 1.54) is 0 Å². The van der Waals surface area contributed by atoms with Crippen LogP contribution < -0.4 is 10.1 Å². The first-order valence-electron chi connectivity index (χ1n) is 6.77. The fourth-order valence-electron chi connectivity index (χ4n) is 2.06. The molecule has 112 valence electrons. The summed E-state index contributed by atoms with van der Waals surface area (Å²) in [6, 6.07) is 7.45. The third-order valence-corrected chi connectivity index (χ3v) is 3.46. The number of ether oxygens (including phenoxy) is 1. The largest absolute Gasteiger partial charge is 0.491 e. The van der Waals surface area contributed by atoms with Crippen molar-refractivity contribution < 1.29 is 9.53 Å². The molecule has 1 aromatic heterocycles. The van der Waals surface area contributed by atoms with E-state index in [0.29, 0.717) is 5.69 Å². The molecule has 2 aromatic rings. The van der Waals surface area contributed by atoms with Crippen molar-refractivity contribution in [3.8, 4) is 5.75 Å². The number of amides is 1. The summed E-state index contributed by atoms with van der Waals surface area (Å²) in [5, 5.41) is 2.93. The maximum absolute atomic E-state index is 12.3. The molecule has 0 aliphatic carbocycles. The summed E-state index contributed by atoms with van der Waals surface area (Å²) in [5.41, 5.74) is 2.35. The van der Waals surface area contributed by atoms with Crippen LogP contribution >= 0.6 is 15.9 Å². The van der Waals surface area contributed by atoms with Crippen molar-refractivity contribution in [1.29, 1.82) is 0 Å². The summed E-state index contributed by atoms with van der Waals surface area (Å²) in [7, 11) is 1.84. The number of carbonyl (C=O) groups is 1. The normalized spacial score (nSPS) is 10.8. The Hall–Kier alpha value is -1.75. The van der Waals surface area contributed by atoms with Crippen LogP contribution in [0.1, 0.15) is 29.9 Å². The maximum Gasteiger partial charge on any atom is 0.272 e. The van der Waals surface area contributed by atoms with Crippen LogP contribution in [0.2, 0.25) is 0 Å². The van der Waals surface area contributed by atoms with Gasteiger partial charge in [-0.3, -0.25) is 4.79 Å². The van der Waals surface area contributed by atoms with Crippen molar-refractivity contribution >= 4 is 27.5 Å². The molecule has 1 aromatic carbocycles. The van der Waals surface area contributed by atoms with E-state index in [0.717, 1.165) is 21.5 Å². The van der Waals surface area contributed by atoms with Crippen molar-refractivity contribution in [2.45, 2.75) is 26.9 Å². The SMILES string of the molecule is Cc1cc(OC(C)C)ccc1NC(=O)c1cc(Br)cn1C. The number of benzene rings is 1. The van der Waals surface area contributed by atoms with Crippen molar-refractivity contribution in [2.24, 2.45) is 7.05 Å². The number of rotatable bonds is 4. The molecule has 1 amide bonds. The summed E-state index contributed by atoms with van der Waals surface area (Å²) in [6.07, 6.45) is 1.98. The second-order valence-electron chi connectivity index (χ2n) is 5.25. The van der Waals surface area contributed by atoms with Crippen molar-refractivity contribution in [3.05, 3.63) is 46.2 Å². The van der Waals surface area contributed by atoms with E-state index in [9.17, 15) is 4.79 Å². The average Bonchev–Trinajstić information content (AvgIpc) is 2.71. The molecule has 0 radical (unpaired) electrons. The number of hydrogen-bond donors (Lipinski definition) is 1. The van der Waals surface area contributed by atoms with Gasteiger partial charge in [0.1, 0.15) is 11.4 Å².